The molecule has 1 saturated heterocycles. The summed E-state index contributed by atoms with van der Waals surface area (Å²) in [5.41, 5.74) is 2.00. The van der Waals surface area contributed by atoms with E-state index in [9.17, 15) is 4.79 Å². The first-order valence-electron chi connectivity index (χ1n) is 9.18. The number of anilines is 1. The van der Waals surface area contributed by atoms with Gasteiger partial charge in [-0.25, -0.2) is 0 Å². The van der Waals surface area contributed by atoms with Gasteiger partial charge in [0.05, 0.1) is 19.2 Å². The Morgan fingerprint density at radius 1 is 1.33 bits per heavy atom. The van der Waals surface area contributed by atoms with E-state index in [-0.39, 0.29) is 12.0 Å². The van der Waals surface area contributed by atoms with Crippen LogP contribution in [-0.4, -0.2) is 51.6 Å². The third kappa shape index (κ3) is 5.54. The highest BCUT2D eigenvalue weighted by Gasteiger charge is 2.21. The summed E-state index contributed by atoms with van der Waals surface area (Å²) in [4.78, 5) is 13.3. The monoisotopic (exact) mass is 389 g/mol. The Kier molecular flexibility index (Phi) is 6.87. The fraction of sp³-hybridized carbons (Fsp3) is 0.526. The molecule has 3 rings (SSSR count). The second kappa shape index (κ2) is 9.34. The molecule has 2 heterocycles. The number of nitrogens with one attached hydrogen (secondary N) is 1. The summed E-state index contributed by atoms with van der Waals surface area (Å²) in [6, 6.07) is 7.92. The van der Waals surface area contributed by atoms with E-state index in [2.05, 4.69) is 32.0 Å². The number of hydrogen-bond acceptors (Lipinski definition) is 6. The van der Waals surface area contributed by atoms with Crippen LogP contribution >= 0.6 is 11.8 Å². The highest BCUT2D eigenvalue weighted by Crippen LogP contribution is 2.21. The fourth-order valence-corrected chi connectivity index (χ4v) is 3.79. The van der Waals surface area contributed by atoms with Crippen molar-refractivity contribution in [1.29, 1.82) is 0 Å². The lowest BCUT2D eigenvalue weighted by Crippen LogP contribution is -2.23. The number of benzene rings is 1. The first-order valence-corrected chi connectivity index (χ1v) is 10.4. The number of carbonyl (C=O) groups excluding carboxylic acids is 1. The van der Waals surface area contributed by atoms with Crippen molar-refractivity contribution < 1.29 is 9.53 Å². The average molecular weight is 390 g/mol. The minimum atomic E-state index is -0.0601. The van der Waals surface area contributed by atoms with Crippen molar-refractivity contribution in [3.8, 4) is 0 Å². The first kappa shape index (κ1) is 19.9. The van der Waals surface area contributed by atoms with Gasteiger partial charge in [0.1, 0.15) is 5.82 Å². The summed E-state index contributed by atoms with van der Waals surface area (Å²) in [6.45, 7) is 4.69. The lowest BCUT2D eigenvalue weighted by Gasteiger charge is -2.19. The highest BCUT2D eigenvalue weighted by atomic mass is 32.2. The van der Waals surface area contributed by atoms with Gasteiger partial charge in [-0.2, -0.15) is 0 Å². The number of amides is 1. The van der Waals surface area contributed by atoms with Gasteiger partial charge in [-0.05, 0) is 43.8 Å². The van der Waals surface area contributed by atoms with Crippen LogP contribution in [0.25, 0.3) is 0 Å². The summed E-state index contributed by atoms with van der Waals surface area (Å²) in [7, 11) is 2.07. The van der Waals surface area contributed by atoms with Gasteiger partial charge in [-0.3, -0.25) is 9.69 Å². The SMILES string of the molecule is CSc1nnc(CN(C)Cc2ccc(NC(C)=O)cc2)n1CC1CCCO1. The summed E-state index contributed by atoms with van der Waals surface area (Å²) in [5, 5.41) is 12.5. The maximum absolute atomic E-state index is 11.1. The van der Waals surface area contributed by atoms with Gasteiger partial charge in [0.15, 0.2) is 5.16 Å². The zero-order valence-corrected chi connectivity index (χ0v) is 17.0. The Balaban J connectivity index is 1.62. The van der Waals surface area contributed by atoms with Crippen molar-refractivity contribution >= 4 is 23.4 Å². The lowest BCUT2D eigenvalue weighted by molar-refractivity contribution is -0.114. The molecule has 1 aliphatic heterocycles. The van der Waals surface area contributed by atoms with Crippen LogP contribution in [0, 0.1) is 0 Å². The average Bonchev–Trinajstić information content (AvgIpc) is 3.27. The highest BCUT2D eigenvalue weighted by molar-refractivity contribution is 7.98. The van der Waals surface area contributed by atoms with Crippen molar-refractivity contribution in [2.75, 3.05) is 25.2 Å². The Labute approximate surface area is 164 Å². The van der Waals surface area contributed by atoms with Crippen LogP contribution in [0.1, 0.15) is 31.2 Å². The van der Waals surface area contributed by atoms with E-state index in [1.165, 1.54) is 12.5 Å². The molecule has 1 amide bonds. The number of carbonyl (C=O) groups is 1. The first-order chi connectivity index (χ1) is 13.0. The zero-order valence-electron chi connectivity index (χ0n) is 16.1. The van der Waals surface area contributed by atoms with E-state index in [0.29, 0.717) is 6.54 Å². The van der Waals surface area contributed by atoms with Gasteiger partial charge >= 0.3 is 0 Å². The van der Waals surface area contributed by atoms with E-state index >= 15 is 0 Å². The molecule has 1 atom stereocenters. The van der Waals surface area contributed by atoms with Gasteiger partial charge < -0.3 is 14.6 Å². The van der Waals surface area contributed by atoms with Crippen LogP contribution in [0.2, 0.25) is 0 Å². The van der Waals surface area contributed by atoms with Gasteiger partial charge in [-0.1, -0.05) is 23.9 Å². The molecule has 2 aromatic rings. The predicted molar refractivity (Wildman–Crippen MR) is 107 cm³/mol. The van der Waals surface area contributed by atoms with E-state index in [1.54, 1.807) is 11.8 Å². The summed E-state index contributed by atoms with van der Waals surface area (Å²) in [5.74, 6) is 0.905. The molecule has 1 N–H and O–H groups in total. The standard InChI is InChI=1S/C19H27N5O2S/c1-14(25)20-16-8-6-15(7-9-16)11-23(2)13-18-21-22-19(27-3)24(18)12-17-5-4-10-26-17/h6-9,17H,4-5,10-13H2,1-3H3,(H,20,25). The molecule has 146 valence electrons. The lowest BCUT2D eigenvalue weighted by atomic mass is 10.2. The molecule has 8 heteroatoms. The Hall–Kier alpha value is -1.90. The van der Waals surface area contributed by atoms with Crippen molar-refractivity contribution in [2.45, 2.75) is 50.7 Å². The maximum Gasteiger partial charge on any atom is 0.221 e. The predicted octanol–water partition coefficient (Wildman–Crippen LogP) is 2.77. The Morgan fingerprint density at radius 3 is 2.74 bits per heavy atom. The molecule has 1 aromatic heterocycles. The third-order valence-electron chi connectivity index (χ3n) is 4.52. The molecule has 27 heavy (non-hydrogen) atoms. The molecule has 0 bridgehead atoms. The molecule has 0 saturated carbocycles. The minimum absolute atomic E-state index is 0.0601. The molecule has 0 spiro atoms. The van der Waals surface area contributed by atoms with Gasteiger partial charge in [0.25, 0.3) is 0 Å². The van der Waals surface area contributed by atoms with Crippen molar-refractivity contribution in [3.63, 3.8) is 0 Å². The normalized spacial score (nSPS) is 16.8. The van der Waals surface area contributed by atoms with E-state index < -0.39 is 0 Å². The molecule has 1 unspecified atom stereocenters. The molecule has 7 nitrogen and oxygen atoms in total. The second-order valence-electron chi connectivity index (χ2n) is 6.90. The zero-order chi connectivity index (χ0) is 19.2. The molecule has 1 fully saturated rings. The number of ether oxygens (including phenoxy) is 1. The van der Waals surface area contributed by atoms with Gasteiger partial charge in [0, 0.05) is 25.8 Å². The molecule has 0 aliphatic carbocycles. The van der Waals surface area contributed by atoms with Gasteiger partial charge in [0.2, 0.25) is 5.91 Å². The summed E-state index contributed by atoms with van der Waals surface area (Å²) >= 11 is 1.62. The van der Waals surface area contributed by atoms with Crippen LogP contribution in [0.15, 0.2) is 29.4 Å². The van der Waals surface area contributed by atoms with Crippen molar-refractivity contribution in [2.24, 2.45) is 0 Å². The van der Waals surface area contributed by atoms with Crippen molar-refractivity contribution in [3.05, 3.63) is 35.7 Å². The van der Waals surface area contributed by atoms with Crippen LogP contribution in [0.4, 0.5) is 5.69 Å². The van der Waals surface area contributed by atoms with E-state index in [4.69, 9.17) is 4.74 Å². The minimum Gasteiger partial charge on any atom is -0.376 e. The largest absolute Gasteiger partial charge is 0.376 e. The molecule has 1 aromatic carbocycles. The molecule has 0 radical (unpaired) electrons. The topological polar surface area (TPSA) is 72.3 Å². The number of nitrogens with zero attached hydrogens (tertiary/aromatic N) is 4. The Bertz CT molecular complexity index is 756. The molecular weight excluding hydrogens is 362 g/mol. The Morgan fingerprint density at radius 2 is 2.11 bits per heavy atom. The van der Waals surface area contributed by atoms with E-state index in [0.717, 1.165) is 49.2 Å². The molecular formula is C19H27N5O2S. The maximum atomic E-state index is 11.1. The fourth-order valence-electron chi connectivity index (χ4n) is 3.27. The van der Waals surface area contributed by atoms with E-state index in [1.807, 2.05) is 30.5 Å². The quantitative estimate of drug-likeness (QED) is 0.700. The number of aromatic nitrogens is 3. The van der Waals surface area contributed by atoms with Crippen LogP contribution in [0.3, 0.4) is 0 Å². The molecule has 1 aliphatic rings. The third-order valence-corrected chi connectivity index (χ3v) is 5.19. The number of thioether (sulfide) groups is 1. The smallest absolute Gasteiger partial charge is 0.221 e. The summed E-state index contributed by atoms with van der Waals surface area (Å²) in [6.07, 6.45) is 4.52. The van der Waals surface area contributed by atoms with Gasteiger partial charge in [-0.15, -0.1) is 10.2 Å². The van der Waals surface area contributed by atoms with Crippen molar-refractivity contribution in [1.82, 2.24) is 19.7 Å². The van der Waals surface area contributed by atoms with Crippen LogP contribution in [-0.2, 0) is 29.2 Å². The number of hydrogen-bond donors (Lipinski definition) is 1. The number of rotatable bonds is 8. The second-order valence-corrected chi connectivity index (χ2v) is 7.67. The van der Waals surface area contributed by atoms with Crippen LogP contribution in [0.5, 0.6) is 0 Å². The van der Waals surface area contributed by atoms with Crippen LogP contribution < -0.4 is 5.32 Å². The summed E-state index contributed by atoms with van der Waals surface area (Å²) < 4.78 is 7.98.